The van der Waals surface area contributed by atoms with E-state index < -0.39 is 6.04 Å². The minimum Gasteiger partial charge on any atom is -0.489 e. The standard InChI is InChI=1S/C28H34N4O3S/c1-4-6-17-34-26(33)24-20(3)29-27-30-28(36-18-7-5-2)31-32(27)25(24)22-15-11-12-16-23(22)35-19-21-13-9-8-10-14-21/h8-16,25H,4-7,17-19H2,1-3H3,(H,29,30,31). The largest absolute Gasteiger partial charge is 0.489 e. The van der Waals surface area contributed by atoms with Crippen molar-refractivity contribution in [2.75, 3.05) is 17.7 Å². The van der Waals surface area contributed by atoms with Crippen molar-refractivity contribution in [3.63, 3.8) is 0 Å². The monoisotopic (exact) mass is 506 g/mol. The van der Waals surface area contributed by atoms with E-state index in [2.05, 4.69) is 19.2 Å². The Kier molecular flexibility index (Phi) is 9.06. The number of rotatable bonds is 12. The topological polar surface area (TPSA) is 78.3 Å². The molecule has 1 aliphatic rings. The van der Waals surface area contributed by atoms with Crippen LogP contribution in [0, 0.1) is 0 Å². The molecule has 36 heavy (non-hydrogen) atoms. The summed E-state index contributed by atoms with van der Waals surface area (Å²) >= 11 is 1.63. The number of nitrogens with zero attached hydrogens (tertiary/aromatic N) is 3. The fraction of sp³-hybridized carbons (Fsp3) is 0.393. The van der Waals surface area contributed by atoms with Gasteiger partial charge in [-0.1, -0.05) is 87.0 Å². The van der Waals surface area contributed by atoms with E-state index in [1.54, 1.807) is 16.4 Å². The number of thioether (sulfide) groups is 1. The Bertz CT molecular complexity index is 1190. The molecule has 1 aromatic heterocycles. The molecule has 0 saturated carbocycles. The number of hydrogen-bond donors (Lipinski definition) is 1. The Morgan fingerprint density at radius 2 is 1.81 bits per heavy atom. The van der Waals surface area contributed by atoms with Crippen LogP contribution in [0.5, 0.6) is 5.75 Å². The first kappa shape index (κ1) is 25.8. The smallest absolute Gasteiger partial charge is 0.338 e. The number of carbonyl (C=O) groups is 1. The Labute approximate surface area is 217 Å². The van der Waals surface area contributed by atoms with Crippen LogP contribution in [0.15, 0.2) is 71.0 Å². The zero-order valence-corrected chi connectivity index (χ0v) is 22.0. The van der Waals surface area contributed by atoms with Gasteiger partial charge in [0, 0.05) is 17.0 Å². The quantitative estimate of drug-likeness (QED) is 0.173. The average Bonchev–Trinajstić information content (AvgIpc) is 3.30. The van der Waals surface area contributed by atoms with Gasteiger partial charge in [0.2, 0.25) is 11.1 Å². The summed E-state index contributed by atoms with van der Waals surface area (Å²) < 4.78 is 13.7. The van der Waals surface area contributed by atoms with Gasteiger partial charge >= 0.3 is 5.97 Å². The van der Waals surface area contributed by atoms with E-state index in [0.717, 1.165) is 42.6 Å². The maximum Gasteiger partial charge on any atom is 0.338 e. The lowest BCUT2D eigenvalue weighted by Gasteiger charge is -2.29. The van der Waals surface area contributed by atoms with Gasteiger partial charge in [-0.15, -0.1) is 5.10 Å². The molecule has 1 atom stereocenters. The van der Waals surface area contributed by atoms with Crippen molar-refractivity contribution < 1.29 is 14.3 Å². The molecule has 190 valence electrons. The fourth-order valence-electron chi connectivity index (χ4n) is 4.01. The minimum atomic E-state index is -0.518. The molecule has 0 radical (unpaired) electrons. The van der Waals surface area contributed by atoms with Gasteiger partial charge in [0.15, 0.2) is 0 Å². The molecule has 4 rings (SSSR count). The number of hydrogen-bond acceptors (Lipinski definition) is 7. The van der Waals surface area contributed by atoms with Crippen molar-refractivity contribution in [3.8, 4) is 5.75 Å². The SMILES string of the molecule is CCCCOC(=O)C1=C(C)Nc2nc(SCCCC)nn2C1c1ccccc1OCc1ccccc1. The molecule has 0 bridgehead atoms. The van der Waals surface area contributed by atoms with E-state index in [1.165, 1.54) is 0 Å². The van der Waals surface area contributed by atoms with Crippen molar-refractivity contribution >= 4 is 23.7 Å². The van der Waals surface area contributed by atoms with Gasteiger partial charge in [-0.2, -0.15) is 4.98 Å². The molecule has 2 heterocycles. The summed E-state index contributed by atoms with van der Waals surface area (Å²) in [5, 5.41) is 8.78. The van der Waals surface area contributed by atoms with Gasteiger partial charge in [0.25, 0.3) is 0 Å². The Morgan fingerprint density at radius 1 is 1.06 bits per heavy atom. The van der Waals surface area contributed by atoms with Crippen molar-refractivity contribution in [1.82, 2.24) is 14.8 Å². The molecular weight excluding hydrogens is 472 g/mol. The van der Waals surface area contributed by atoms with Crippen molar-refractivity contribution in [3.05, 3.63) is 77.0 Å². The predicted octanol–water partition coefficient (Wildman–Crippen LogP) is 6.38. The average molecular weight is 507 g/mol. The van der Waals surface area contributed by atoms with E-state index in [-0.39, 0.29) is 5.97 Å². The second-order valence-corrected chi connectivity index (χ2v) is 9.79. The second-order valence-electron chi connectivity index (χ2n) is 8.73. The van der Waals surface area contributed by atoms with Gasteiger partial charge in [-0.05, 0) is 31.4 Å². The number of unbranched alkanes of at least 4 members (excludes halogenated alkanes) is 2. The molecule has 7 nitrogen and oxygen atoms in total. The summed E-state index contributed by atoms with van der Waals surface area (Å²) in [6, 6.07) is 17.3. The molecule has 1 aliphatic heterocycles. The lowest BCUT2D eigenvalue weighted by Crippen LogP contribution is -2.30. The zero-order valence-electron chi connectivity index (χ0n) is 21.2. The number of para-hydroxylation sites is 1. The first-order chi connectivity index (χ1) is 17.6. The van der Waals surface area contributed by atoms with Gasteiger partial charge < -0.3 is 14.8 Å². The third-order valence-corrected chi connectivity index (χ3v) is 6.89. The third kappa shape index (κ3) is 6.10. The normalized spacial score (nSPS) is 14.8. The lowest BCUT2D eigenvalue weighted by atomic mass is 9.95. The summed E-state index contributed by atoms with van der Waals surface area (Å²) in [6.07, 6.45) is 3.98. The number of esters is 1. The molecule has 1 N–H and O–H groups in total. The van der Waals surface area contributed by atoms with E-state index in [0.29, 0.717) is 41.3 Å². The van der Waals surface area contributed by atoms with Crippen LogP contribution in [0.3, 0.4) is 0 Å². The van der Waals surface area contributed by atoms with E-state index in [9.17, 15) is 4.79 Å². The van der Waals surface area contributed by atoms with Crippen LogP contribution in [0.4, 0.5) is 5.95 Å². The van der Waals surface area contributed by atoms with Crippen LogP contribution in [-0.2, 0) is 16.1 Å². The summed E-state index contributed by atoms with van der Waals surface area (Å²) in [7, 11) is 0. The van der Waals surface area contributed by atoms with Crippen LogP contribution in [0.2, 0.25) is 0 Å². The van der Waals surface area contributed by atoms with Gasteiger partial charge in [0.05, 0.1) is 12.2 Å². The summed E-state index contributed by atoms with van der Waals surface area (Å²) in [5.41, 5.74) is 3.14. The predicted molar refractivity (Wildman–Crippen MR) is 143 cm³/mol. The number of aromatic nitrogens is 3. The highest BCUT2D eigenvalue weighted by Crippen LogP contribution is 2.40. The molecule has 0 spiro atoms. The Morgan fingerprint density at radius 3 is 2.58 bits per heavy atom. The molecule has 8 heteroatoms. The van der Waals surface area contributed by atoms with Crippen molar-refractivity contribution in [2.45, 2.75) is 64.3 Å². The van der Waals surface area contributed by atoms with Crippen LogP contribution in [0.25, 0.3) is 0 Å². The lowest BCUT2D eigenvalue weighted by molar-refractivity contribution is -0.139. The number of benzene rings is 2. The van der Waals surface area contributed by atoms with E-state index in [1.807, 2.05) is 61.5 Å². The molecule has 0 fully saturated rings. The molecule has 0 aliphatic carbocycles. The van der Waals surface area contributed by atoms with Gasteiger partial charge in [0.1, 0.15) is 18.4 Å². The van der Waals surface area contributed by atoms with Gasteiger partial charge in [-0.25, -0.2) is 9.48 Å². The second kappa shape index (κ2) is 12.6. The molecular formula is C28H34N4O3S. The van der Waals surface area contributed by atoms with Crippen LogP contribution >= 0.6 is 11.8 Å². The van der Waals surface area contributed by atoms with Crippen LogP contribution < -0.4 is 10.1 Å². The molecule has 0 saturated heterocycles. The highest BCUT2D eigenvalue weighted by atomic mass is 32.2. The summed E-state index contributed by atoms with van der Waals surface area (Å²) in [5.74, 6) is 1.90. The molecule has 2 aromatic carbocycles. The number of anilines is 1. The number of nitrogens with one attached hydrogen (secondary N) is 1. The van der Waals surface area contributed by atoms with E-state index >= 15 is 0 Å². The number of fused-ring (bicyclic) bond motifs is 1. The van der Waals surface area contributed by atoms with Gasteiger partial charge in [-0.3, -0.25) is 0 Å². The first-order valence-corrected chi connectivity index (χ1v) is 13.6. The summed E-state index contributed by atoms with van der Waals surface area (Å²) in [4.78, 5) is 18.1. The minimum absolute atomic E-state index is 0.349. The Hall–Kier alpha value is -3.26. The van der Waals surface area contributed by atoms with E-state index in [4.69, 9.17) is 19.6 Å². The maximum absolute atomic E-state index is 13.4. The maximum atomic E-state index is 13.4. The third-order valence-electron chi connectivity index (χ3n) is 5.96. The zero-order chi connectivity index (χ0) is 25.3. The molecule has 0 amide bonds. The highest BCUT2D eigenvalue weighted by Gasteiger charge is 2.36. The summed E-state index contributed by atoms with van der Waals surface area (Å²) in [6.45, 7) is 6.93. The number of ether oxygens (including phenoxy) is 2. The number of carbonyl (C=O) groups excluding carboxylic acids is 1. The van der Waals surface area contributed by atoms with Crippen molar-refractivity contribution in [2.24, 2.45) is 0 Å². The highest BCUT2D eigenvalue weighted by molar-refractivity contribution is 7.99. The van der Waals surface area contributed by atoms with Crippen LogP contribution in [0.1, 0.15) is 63.6 Å². The fourth-order valence-corrected chi connectivity index (χ4v) is 4.92. The molecule has 1 unspecified atom stereocenters. The van der Waals surface area contributed by atoms with Crippen molar-refractivity contribution in [1.29, 1.82) is 0 Å². The Balaban J connectivity index is 1.71. The van der Waals surface area contributed by atoms with Crippen LogP contribution in [-0.4, -0.2) is 33.1 Å². The molecule has 3 aromatic rings. The number of allylic oxidation sites excluding steroid dienone is 1. The first-order valence-electron chi connectivity index (χ1n) is 12.6.